The fourth-order valence-electron chi connectivity index (χ4n) is 3.47. The van der Waals surface area contributed by atoms with E-state index in [0.29, 0.717) is 5.82 Å². The van der Waals surface area contributed by atoms with Crippen LogP contribution in [0.4, 0.5) is 10.1 Å². The van der Waals surface area contributed by atoms with Gasteiger partial charge in [-0.15, -0.1) is 21.5 Å². The number of rotatable bonds is 2. The summed E-state index contributed by atoms with van der Waals surface area (Å²) in [5, 5.41) is 19.7. The van der Waals surface area contributed by atoms with E-state index in [-0.39, 0.29) is 17.3 Å². The van der Waals surface area contributed by atoms with Crippen LogP contribution >= 0.6 is 11.3 Å². The lowest BCUT2D eigenvalue weighted by atomic mass is 9.73. The summed E-state index contributed by atoms with van der Waals surface area (Å²) in [5.74, 6) is 1.06. The number of tetrazole rings is 1. The molecular weight excluding hydrogens is 363 g/mol. The first-order chi connectivity index (χ1) is 13.1. The zero-order valence-corrected chi connectivity index (χ0v) is 15.2. The van der Waals surface area contributed by atoms with E-state index < -0.39 is 0 Å². The van der Waals surface area contributed by atoms with Gasteiger partial charge in [-0.05, 0) is 53.9 Å². The molecule has 3 aromatic rings. The van der Waals surface area contributed by atoms with E-state index in [9.17, 15) is 4.39 Å². The van der Waals surface area contributed by atoms with Crippen LogP contribution in [-0.2, 0) is 5.41 Å². The molecule has 134 valence electrons. The van der Waals surface area contributed by atoms with Crippen molar-refractivity contribution in [3.05, 3.63) is 76.0 Å². The van der Waals surface area contributed by atoms with Gasteiger partial charge in [-0.1, -0.05) is 12.2 Å². The van der Waals surface area contributed by atoms with Gasteiger partial charge in [0.2, 0.25) is 5.82 Å². The van der Waals surface area contributed by atoms with E-state index in [1.807, 2.05) is 6.08 Å². The molecule has 6 nitrogen and oxygen atoms in total. The molecule has 1 aromatic carbocycles. The van der Waals surface area contributed by atoms with Crippen molar-refractivity contribution in [2.45, 2.75) is 18.4 Å². The molecule has 0 amide bonds. The van der Waals surface area contributed by atoms with Gasteiger partial charge in [-0.25, -0.2) is 4.39 Å². The lowest BCUT2D eigenvalue weighted by Crippen LogP contribution is -2.40. The van der Waals surface area contributed by atoms with Crippen molar-refractivity contribution < 1.29 is 4.39 Å². The topological polar surface area (TPSA) is 78.8 Å². The van der Waals surface area contributed by atoms with E-state index in [4.69, 9.17) is 4.99 Å². The van der Waals surface area contributed by atoms with Gasteiger partial charge in [0, 0.05) is 27.1 Å². The number of hydrogen-bond donors (Lipinski definition) is 2. The van der Waals surface area contributed by atoms with Crippen LogP contribution in [0.5, 0.6) is 0 Å². The molecule has 3 heterocycles. The minimum absolute atomic E-state index is 0.106. The predicted molar refractivity (Wildman–Crippen MR) is 103 cm³/mol. The molecule has 0 bridgehead atoms. The molecule has 2 unspecified atom stereocenters. The third-order valence-electron chi connectivity index (χ3n) is 4.95. The van der Waals surface area contributed by atoms with Gasteiger partial charge in [-0.2, -0.15) is 5.21 Å². The molecule has 8 heteroatoms. The second-order valence-corrected chi connectivity index (χ2v) is 7.61. The molecule has 1 aliphatic heterocycles. The Hall–Kier alpha value is -3.13. The second kappa shape index (κ2) is 5.95. The van der Waals surface area contributed by atoms with Crippen LogP contribution in [0.3, 0.4) is 0 Å². The van der Waals surface area contributed by atoms with Crippen LogP contribution in [0, 0.1) is 5.82 Å². The highest BCUT2D eigenvalue weighted by molar-refractivity contribution is 7.10. The van der Waals surface area contributed by atoms with Gasteiger partial charge in [-0.3, -0.25) is 4.99 Å². The van der Waals surface area contributed by atoms with Crippen LogP contribution in [0.1, 0.15) is 23.2 Å². The van der Waals surface area contributed by atoms with E-state index >= 15 is 0 Å². The summed E-state index contributed by atoms with van der Waals surface area (Å²) in [4.78, 5) is 6.21. The fraction of sp³-hybridized carbons (Fsp3) is 0.158. The lowest BCUT2D eigenvalue weighted by molar-refractivity contribution is 0.524. The number of nitrogens with one attached hydrogen (secondary N) is 2. The maximum absolute atomic E-state index is 13.2. The Kier molecular flexibility index (Phi) is 3.54. The van der Waals surface area contributed by atoms with E-state index in [1.165, 1.54) is 17.0 Å². The monoisotopic (exact) mass is 378 g/mol. The first kappa shape index (κ1) is 16.1. The molecule has 0 spiro atoms. The molecule has 2 aromatic heterocycles. The number of halogens is 1. The van der Waals surface area contributed by atoms with Gasteiger partial charge < -0.3 is 5.32 Å². The Morgan fingerprint density at radius 3 is 2.85 bits per heavy atom. The SMILES string of the molecule is CC12C=CC(c3nn[nH]n3)=CC1N=C(Nc1ccc(F)cc1)c1ccsc12. The maximum atomic E-state index is 13.2. The van der Waals surface area contributed by atoms with Crippen molar-refractivity contribution in [2.24, 2.45) is 4.99 Å². The quantitative estimate of drug-likeness (QED) is 0.715. The summed E-state index contributed by atoms with van der Waals surface area (Å²) in [6.45, 7) is 2.19. The van der Waals surface area contributed by atoms with Crippen LogP contribution < -0.4 is 5.32 Å². The number of nitrogens with zero attached hydrogens (tertiary/aromatic N) is 4. The van der Waals surface area contributed by atoms with Crippen molar-refractivity contribution in [1.29, 1.82) is 0 Å². The summed E-state index contributed by atoms with van der Waals surface area (Å²) >= 11 is 1.71. The summed E-state index contributed by atoms with van der Waals surface area (Å²) in [6.07, 6.45) is 6.26. The van der Waals surface area contributed by atoms with E-state index in [2.05, 4.69) is 56.5 Å². The number of anilines is 1. The highest BCUT2D eigenvalue weighted by atomic mass is 32.1. The number of fused-ring (bicyclic) bond motifs is 3. The first-order valence-electron chi connectivity index (χ1n) is 8.47. The summed E-state index contributed by atoms with van der Waals surface area (Å²) in [7, 11) is 0. The van der Waals surface area contributed by atoms with Crippen molar-refractivity contribution in [1.82, 2.24) is 20.6 Å². The zero-order valence-electron chi connectivity index (χ0n) is 14.3. The Balaban J connectivity index is 1.57. The fourth-order valence-corrected chi connectivity index (χ4v) is 4.54. The summed E-state index contributed by atoms with van der Waals surface area (Å²) in [5.41, 5.74) is 2.52. The average molecular weight is 378 g/mol. The van der Waals surface area contributed by atoms with Crippen LogP contribution in [-0.4, -0.2) is 32.5 Å². The molecule has 1 aliphatic carbocycles. The van der Waals surface area contributed by atoms with Gasteiger partial charge in [0.25, 0.3) is 0 Å². The lowest BCUT2D eigenvalue weighted by Gasteiger charge is -2.37. The van der Waals surface area contributed by atoms with E-state index in [1.54, 1.807) is 23.5 Å². The molecule has 2 aliphatic rings. The summed E-state index contributed by atoms with van der Waals surface area (Å²) < 4.78 is 13.2. The molecule has 27 heavy (non-hydrogen) atoms. The second-order valence-electron chi connectivity index (χ2n) is 6.69. The number of aromatic nitrogens is 4. The molecule has 5 rings (SSSR count). The first-order valence-corrected chi connectivity index (χ1v) is 9.35. The molecule has 0 saturated heterocycles. The third-order valence-corrected chi connectivity index (χ3v) is 6.12. The van der Waals surface area contributed by atoms with Gasteiger partial charge in [0.1, 0.15) is 11.7 Å². The number of aliphatic imine (C=N–C) groups is 1. The molecule has 0 radical (unpaired) electrons. The Morgan fingerprint density at radius 2 is 2.07 bits per heavy atom. The minimum Gasteiger partial charge on any atom is -0.340 e. The highest BCUT2D eigenvalue weighted by Gasteiger charge is 2.42. The van der Waals surface area contributed by atoms with Crippen LogP contribution in [0.25, 0.3) is 5.57 Å². The van der Waals surface area contributed by atoms with Gasteiger partial charge >= 0.3 is 0 Å². The summed E-state index contributed by atoms with van der Waals surface area (Å²) in [6, 6.07) is 8.25. The molecule has 2 atom stereocenters. The Labute approximate surface area is 158 Å². The van der Waals surface area contributed by atoms with Crippen LogP contribution in [0.15, 0.2) is 58.9 Å². The standard InChI is InChI=1S/C19H15FN6S/c1-19-8-6-11(17-23-25-26-24-17)10-15(19)22-18(14-7-9-27-16(14)19)21-13-4-2-12(20)3-5-13/h2-10,15H,1H3,(H,21,22)(H,23,24,25,26). The molecule has 0 fully saturated rings. The van der Waals surface area contributed by atoms with Gasteiger partial charge in [0.15, 0.2) is 0 Å². The number of aromatic amines is 1. The number of amidine groups is 1. The number of allylic oxidation sites excluding steroid dienone is 2. The smallest absolute Gasteiger partial charge is 0.204 e. The Morgan fingerprint density at radius 1 is 1.22 bits per heavy atom. The predicted octanol–water partition coefficient (Wildman–Crippen LogP) is 3.55. The van der Waals surface area contributed by atoms with Crippen molar-refractivity contribution in [2.75, 3.05) is 5.32 Å². The minimum atomic E-state index is -0.264. The van der Waals surface area contributed by atoms with Crippen molar-refractivity contribution >= 4 is 28.4 Å². The zero-order chi connectivity index (χ0) is 18.4. The highest BCUT2D eigenvalue weighted by Crippen LogP contribution is 2.44. The molecule has 0 saturated carbocycles. The number of benzene rings is 1. The van der Waals surface area contributed by atoms with Crippen LogP contribution in [0.2, 0.25) is 0 Å². The van der Waals surface area contributed by atoms with Crippen molar-refractivity contribution in [3.63, 3.8) is 0 Å². The maximum Gasteiger partial charge on any atom is 0.204 e. The normalized spacial score (nSPS) is 23.3. The largest absolute Gasteiger partial charge is 0.340 e. The Bertz CT molecular complexity index is 1080. The number of H-pyrrole nitrogens is 1. The number of thiophene rings is 1. The average Bonchev–Trinajstić information content (AvgIpc) is 3.36. The number of hydrogen-bond acceptors (Lipinski definition) is 6. The van der Waals surface area contributed by atoms with Gasteiger partial charge in [0.05, 0.1) is 6.04 Å². The van der Waals surface area contributed by atoms with Crippen molar-refractivity contribution in [3.8, 4) is 0 Å². The molecular formula is C19H15FN6S. The molecule has 2 N–H and O–H groups in total. The van der Waals surface area contributed by atoms with E-state index in [0.717, 1.165) is 22.7 Å². The third kappa shape index (κ3) is 2.60.